The van der Waals surface area contributed by atoms with Gasteiger partial charge in [-0.2, -0.15) is 4.98 Å². The molecule has 1 spiro atoms. The van der Waals surface area contributed by atoms with Crippen molar-refractivity contribution in [1.29, 1.82) is 0 Å². The van der Waals surface area contributed by atoms with Crippen molar-refractivity contribution in [3.8, 4) is 0 Å². The predicted molar refractivity (Wildman–Crippen MR) is 58.2 cm³/mol. The first-order valence-corrected chi connectivity index (χ1v) is 6.15. The number of hydrogen-bond donors (Lipinski definition) is 0. The minimum Gasteiger partial charge on any atom is -0.322 e. The van der Waals surface area contributed by atoms with Crippen molar-refractivity contribution < 1.29 is 4.52 Å². The van der Waals surface area contributed by atoms with Gasteiger partial charge in [-0.05, 0) is 38.3 Å². The van der Waals surface area contributed by atoms with Crippen LogP contribution < -0.4 is 4.90 Å². The van der Waals surface area contributed by atoms with Crippen LogP contribution in [-0.4, -0.2) is 46.8 Å². The molecule has 2 bridgehead atoms. The fraction of sp³-hybridized carbons (Fsp3) is 0.818. The summed E-state index contributed by atoms with van der Waals surface area (Å²) in [6, 6.07) is 0.698. The largest absolute Gasteiger partial charge is 0.323 e. The fourth-order valence-electron chi connectivity index (χ4n) is 4.00. The predicted octanol–water partition coefficient (Wildman–Crippen LogP) is 0.744. The monoisotopic (exact) mass is 220 g/mol. The van der Waals surface area contributed by atoms with Gasteiger partial charge >= 0.3 is 6.01 Å². The van der Waals surface area contributed by atoms with Gasteiger partial charge in [0, 0.05) is 18.6 Å². The highest BCUT2D eigenvalue weighted by Gasteiger charge is 2.56. The van der Waals surface area contributed by atoms with Gasteiger partial charge in [-0.1, -0.05) is 5.16 Å². The fourth-order valence-corrected chi connectivity index (χ4v) is 4.00. The summed E-state index contributed by atoms with van der Waals surface area (Å²) < 4.78 is 5.16. The van der Waals surface area contributed by atoms with Gasteiger partial charge in [-0.15, -0.1) is 0 Å². The molecule has 0 aliphatic carbocycles. The van der Waals surface area contributed by atoms with Crippen LogP contribution in [0.25, 0.3) is 0 Å². The van der Waals surface area contributed by atoms with Crippen LogP contribution in [-0.2, 0) is 0 Å². The summed E-state index contributed by atoms with van der Waals surface area (Å²) in [6.45, 7) is 4.74. The standard InChI is InChI=1S/C11H16N4O/c1-4-15-5-2-9(1)11(15)3-6-14(7-11)10-12-8-13-16-10/h8-9H,1-7H2. The second kappa shape index (κ2) is 2.97. The molecule has 3 fully saturated rings. The quantitative estimate of drug-likeness (QED) is 0.698. The molecule has 1 atom stereocenters. The van der Waals surface area contributed by atoms with Crippen LogP contribution in [0.3, 0.4) is 0 Å². The Labute approximate surface area is 94.4 Å². The average molecular weight is 220 g/mol. The molecule has 0 amide bonds. The minimum absolute atomic E-state index is 0.439. The van der Waals surface area contributed by atoms with E-state index < -0.39 is 0 Å². The summed E-state index contributed by atoms with van der Waals surface area (Å²) in [4.78, 5) is 9.10. The van der Waals surface area contributed by atoms with Crippen molar-refractivity contribution >= 4 is 6.01 Å². The number of aromatic nitrogens is 2. The summed E-state index contributed by atoms with van der Waals surface area (Å²) in [7, 11) is 0. The first kappa shape index (κ1) is 8.98. The third kappa shape index (κ3) is 0.993. The number of rotatable bonds is 1. The topological polar surface area (TPSA) is 45.4 Å². The molecule has 1 unspecified atom stereocenters. The normalized spacial score (nSPS) is 41.4. The van der Waals surface area contributed by atoms with E-state index in [1.54, 1.807) is 0 Å². The van der Waals surface area contributed by atoms with Gasteiger partial charge in [-0.25, -0.2) is 0 Å². The van der Waals surface area contributed by atoms with Crippen molar-refractivity contribution in [1.82, 2.24) is 15.0 Å². The van der Waals surface area contributed by atoms with Crippen molar-refractivity contribution in [2.45, 2.75) is 24.8 Å². The van der Waals surface area contributed by atoms with E-state index in [-0.39, 0.29) is 0 Å². The van der Waals surface area contributed by atoms with Gasteiger partial charge in [0.25, 0.3) is 0 Å². The van der Waals surface area contributed by atoms with Crippen LogP contribution in [0.4, 0.5) is 6.01 Å². The maximum absolute atomic E-state index is 5.16. The van der Waals surface area contributed by atoms with Crippen molar-refractivity contribution in [2.75, 3.05) is 31.1 Å². The molecule has 3 aliphatic heterocycles. The van der Waals surface area contributed by atoms with E-state index in [0.29, 0.717) is 11.6 Å². The van der Waals surface area contributed by atoms with E-state index in [0.717, 1.165) is 19.0 Å². The van der Waals surface area contributed by atoms with Gasteiger partial charge < -0.3 is 9.42 Å². The van der Waals surface area contributed by atoms with Crippen molar-refractivity contribution in [3.63, 3.8) is 0 Å². The van der Waals surface area contributed by atoms with E-state index in [2.05, 4.69) is 19.9 Å². The second-order valence-electron chi connectivity index (χ2n) is 5.26. The lowest BCUT2D eigenvalue weighted by atomic mass is 9.85. The molecule has 0 saturated carbocycles. The third-order valence-electron chi connectivity index (χ3n) is 4.78. The maximum atomic E-state index is 5.16. The van der Waals surface area contributed by atoms with Crippen molar-refractivity contribution in [3.05, 3.63) is 6.33 Å². The Balaban J connectivity index is 1.62. The lowest BCUT2D eigenvalue weighted by molar-refractivity contribution is 0.193. The molecule has 0 radical (unpaired) electrons. The molecule has 0 N–H and O–H groups in total. The Morgan fingerprint density at radius 1 is 1.31 bits per heavy atom. The summed E-state index contributed by atoms with van der Waals surface area (Å²) >= 11 is 0. The molecule has 86 valence electrons. The van der Waals surface area contributed by atoms with E-state index in [1.165, 1.54) is 38.7 Å². The van der Waals surface area contributed by atoms with E-state index in [1.807, 2.05) is 0 Å². The van der Waals surface area contributed by atoms with Gasteiger partial charge in [0.15, 0.2) is 6.33 Å². The smallest absolute Gasteiger partial charge is 0.322 e. The lowest BCUT2D eigenvalue weighted by Crippen LogP contribution is -2.44. The number of hydrogen-bond acceptors (Lipinski definition) is 5. The molecule has 0 aromatic carbocycles. The third-order valence-corrected chi connectivity index (χ3v) is 4.78. The zero-order valence-electron chi connectivity index (χ0n) is 9.30. The molecule has 4 heterocycles. The zero-order chi connectivity index (χ0) is 10.6. The first-order valence-electron chi connectivity index (χ1n) is 6.15. The number of nitrogens with zero attached hydrogens (tertiary/aromatic N) is 4. The van der Waals surface area contributed by atoms with E-state index >= 15 is 0 Å². The second-order valence-corrected chi connectivity index (χ2v) is 5.26. The average Bonchev–Trinajstić information content (AvgIpc) is 3.08. The summed E-state index contributed by atoms with van der Waals surface area (Å²) in [5.41, 5.74) is 0.439. The molecular weight excluding hydrogens is 204 g/mol. The molecule has 3 aliphatic rings. The first-order chi connectivity index (χ1) is 7.88. The Hall–Kier alpha value is -1.10. The van der Waals surface area contributed by atoms with Gasteiger partial charge in [0.05, 0.1) is 0 Å². The van der Waals surface area contributed by atoms with Crippen LogP contribution in [0.15, 0.2) is 10.9 Å². The van der Waals surface area contributed by atoms with Crippen molar-refractivity contribution in [2.24, 2.45) is 5.92 Å². The molecular formula is C11H16N4O. The van der Waals surface area contributed by atoms with Gasteiger partial charge in [-0.3, -0.25) is 4.90 Å². The molecule has 5 heteroatoms. The highest BCUT2D eigenvalue weighted by atomic mass is 16.5. The summed E-state index contributed by atoms with van der Waals surface area (Å²) in [6.07, 6.45) is 5.53. The highest BCUT2D eigenvalue weighted by Crippen LogP contribution is 2.48. The van der Waals surface area contributed by atoms with Gasteiger partial charge in [0.2, 0.25) is 0 Å². The molecule has 1 aromatic rings. The molecule has 16 heavy (non-hydrogen) atoms. The highest BCUT2D eigenvalue weighted by molar-refractivity contribution is 5.31. The van der Waals surface area contributed by atoms with Gasteiger partial charge in [0.1, 0.15) is 0 Å². The SMILES string of the molecule is c1noc(N2CCC3(C2)C2CCN3CC2)n1. The maximum Gasteiger partial charge on any atom is 0.323 e. The van der Waals surface area contributed by atoms with Crippen LogP contribution in [0.5, 0.6) is 0 Å². The molecule has 4 rings (SSSR count). The van der Waals surface area contributed by atoms with E-state index in [4.69, 9.17) is 4.52 Å². The lowest BCUT2D eigenvalue weighted by Gasteiger charge is -2.31. The molecule has 3 saturated heterocycles. The Bertz CT molecular complexity index is 371. The van der Waals surface area contributed by atoms with E-state index in [9.17, 15) is 0 Å². The number of anilines is 1. The summed E-state index contributed by atoms with van der Waals surface area (Å²) in [5, 5.41) is 3.69. The Morgan fingerprint density at radius 2 is 2.19 bits per heavy atom. The Morgan fingerprint density at radius 3 is 2.81 bits per heavy atom. The van der Waals surface area contributed by atoms with Crippen LogP contribution >= 0.6 is 0 Å². The molecule has 1 aromatic heterocycles. The van der Waals surface area contributed by atoms with Crippen LogP contribution in [0, 0.1) is 5.92 Å². The zero-order valence-corrected chi connectivity index (χ0v) is 9.30. The van der Waals surface area contributed by atoms with Crippen LogP contribution in [0.1, 0.15) is 19.3 Å². The van der Waals surface area contributed by atoms with Crippen LogP contribution in [0.2, 0.25) is 0 Å². The Kier molecular flexibility index (Phi) is 1.67. The molecule has 5 nitrogen and oxygen atoms in total. The summed E-state index contributed by atoms with van der Waals surface area (Å²) in [5.74, 6) is 0.903. The number of piperidine rings is 1. The minimum atomic E-state index is 0.439.